The molecular formula is C15H31N3O. The minimum atomic E-state index is 0.209. The molecule has 0 spiro atoms. The maximum Gasteiger partial charge on any atom is 0.225 e. The molecule has 1 rings (SSSR count). The third kappa shape index (κ3) is 5.91. The van der Waals surface area contributed by atoms with Crippen LogP contribution >= 0.6 is 0 Å². The number of nitrogens with two attached hydrogens (primary N) is 1. The molecule has 0 aromatic heterocycles. The quantitative estimate of drug-likeness (QED) is 0.796. The Morgan fingerprint density at radius 1 is 1.16 bits per heavy atom. The van der Waals surface area contributed by atoms with Gasteiger partial charge in [-0.1, -0.05) is 13.8 Å². The molecule has 1 aliphatic rings. The summed E-state index contributed by atoms with van der Waals surface area (Å²) < 4.78 is 0. The van der Waals surface area contributed by atoms with Crippen molar-refractivity contribution in [3.05, 3.63) is 0 Å². The number of hydrogen-bond acceptors (Lipinski definition) is 3. The molecule has 112 valence electrons. The van der Waals surface area contributed by atoms with Crippen LogP contribution in [0.4, 0.5) is 0 Å². The minimum absolute atomic E-state index is 0.209. The van der Waals surface area contributed by atoms with E-state index in [2.05, 4.69) is 37.7 Å². The summed E-state index contributed by atoms with van der Waals surface area (Å²) in [4.78, 5) is 16.8. The van der Waals surface area contributed by atoms with E-state index >= 15 is 0 Å². The Hall–Kier alpha value is -0.610. The van der Waals surface area contributed by atoms with Gasteiger partial charge in [0.1, 0.15) is 0 Å². The zero-order chi connectivity index (χ0) is 14.4. The maximum atomic E-state index is 12.6. The third-order valence-electron chi connectivity index (χ3n) is 3.84. The number of rotatable bonds is 6. The molecule has 0 unspecified atom stereocenters. The maximum absolute atomic E-state index is 12.6. The van der Waals surface area contributed by atoms with Crippen molar-refractivity contribution in [1.29, 1.82) is 0 Å². The number of nitrogens with zero attached hydrogens (tertiary/aromatic N) is 2. The Balaban J connectivity index is 2.54. The van der Waals surface area contributed by atoms with Gasteiger partial charge in [-0.2, -0.15) is 0 Å². The van der Waals surface area contributed by atoms with Crippen LogP contribution in [-0.4, -0.2) is 55.5 Å². The lowest BCUT2D eigenvalue weighted by atomic mass is 9.85. The summed E-state index contributed by atoms with van der Waals surface area (Å²) in [6.45, 7) is 6.99. The van der Waals surface area contributed by atoms with Gasteiger partial charge in [0.2, 0.25) is 5.91 Å². The zero-order valence-electron chi connectivity index (χ0n) is 13.1. The van der Waals surface area contributed by atoms with Crippen LogP contribution in [0, 0.1) is 11.8 Å². The highest BCUT2D eigenvalue weighted by molar-refractivity contribution is 5.79. The predicted octanol–water partition coefficient (Wildman–Crippen LogP) is 1.55. The van der Waals surface area contributed by atoms with E-state index in [-0.39, 0.29) is 5.92 Å². The summed E-state index contributed by atoms with van der Waals surface area (Å²) in [5.74, 6) is 1.08. The van der Waals surface area contributed by atoms with Crippen LogP contribution in [0.25, 0.3) is 0 Å². The van der Waals surface area contributed by atoms with E-state index in [1.807, 2.05) is 0 Å². The molecule has 1 amide bonds. The van der Waals surface area contributed by atoms with E-state index in [4.69, 9.17) is 5.73 Å². The first-order valence-electron chi connectivity index (χ1n) is 7.59. The molecule has 1 fully saturated rings. The van der Waals surface area contributed by atoms with Crippen molar-refractivity contribution in [1.82, 2.24) is 9.80 Å². The molecule has 2 N–H and O–H groups in total. The minimum Gasteiger partial charge on any atom is -0.341 e. The molecule has 0 radical (unpaired) electrons. The van der Waals surface area contributed by atoms with Crippen molar-refractivity contribution in [3.8, 4) is 0 Å². The van der Waals surface area contributed by atoms with Gasteiger partial charge in [0, 0.05) is 31.6 Å². The zero-order valence-corrected chi connectivity index (χ0v) is 13.1. The SMILES string of the molecule is CC(C)CN(CCN(C)C)C(=O)C1CCC(N)CC1. The molecule has 0 bridgehead atoms. The topological polar surface area (TPSA) is 49.6 Å². The van der Waals surface area contributed by atoms with Crippen molar-refractivity contribution in [2.45, 2.75) is 45.6 Å². The molecule has 1 saturated carbocycles. The molecule has 4 heteroatoms. The van der Waals surface area contributed by atoms with Gasteiger partial charge in [-0.15, -0.1) is 0 Å². The van der Waals surface area contributed by atoms with Crippen molar-refractivity contribution in [2.75, 3.05) is 33.7 Å². The Kier molecular flexibility index (Phi) is 6.80. The highest BCUT2D eigenvalue weighted by Gasteiger charge is 2.28. The van der Waals surface area contributed by atoms with Gasteiger partial charge in [-0.05, 0) is 45.7 Å². The fourth-order valence-corrected chi connectivity index (χ4v) is 2.68. The first-order chi connectivity index (χ1) is 8.90. The van der Waals surface area contributed by atoms with Crippen LogP contribution < -0.4 is 5.73 Å². The molecule has 4 nitrogen and oxygen atoms in total. The lowest BCUT2D eigenvalue weighted by molar-refractivity contribution is -0.137. The Morgan fingerprint density at radius 2 is 1.74 bits per heavy atom. The molecule has 0 saturated heterocycles. The molecule has 0 aliphatic heterocycles. The van der Waals surface area contributed by atoms with Gasteiger partial charge in [-0.3, -0.25) is 4.79 Å². The van der Waals surface area contributed by atoms with Crippen LogP contribution in [0.15, 0.2) is 0 Å². The van der Waals surface area contributed by atoms with E-state index in [9.17, 15) is 4.79 Å². The van der Waals surface area contributed by atoms with Crippen molar-refractivity contribution in [3.63, 3.8) is 0 Å². The van der Waals surface area contributed by atoms with E-state index in [1.54, 1.807) is 0 Å². The van der Waals surface area contributed by atoms with Crippen molar-refractivity contribution < 1.29 is 4.79 Å². The van der Waals surface area contributed by atoms with Gasteiger partial charge in [0.25, 0.3) is 0 Å². The van der Waals surface area contributed by atoms with E-state index < -0.39 is 0 Å². The van der Waals surface area contributed by atoms with Crippen LogP contribution in [0.5, 0.6) is 0 Å². The number of hydrogen-bond donors (Lipinski definition) is 1. The monoisotopic (exact) mass is 269 g/mol. The number of carbonyl (C=O) groups excluding carboxylic acids is 1. The molecule has 0 aromatic carbocycles. The number of amides is 1. The summed E-state index contributed by atoms with van der Waals surface area (Å²) in [5, 5.41) is 0. The lowest BCUT2D eigenvalue weighted by Gasteiger charge is -2.32. The van der Waals surface area contributed by atoms with Gasteiger partial charge < -0.3 is 15.5 Å². The fraction of sp³-hybridized carbons (Fsp3) is 0.933. The number of likely N-dealkylation sites (N-methyl/N-ethyl adjacent to an activating group) is 1. The molecule has 19 heavy (non-hydrogen) atoms. The summed E-state index contributed by atoms with van der Waals surface area (Å²) in [6.07, 6.45) is 3.94. The fourth-order valence-electron chi connectivity index (χ4n) is 2.68. The van der Waals surface area contributed by atoms with Crippen LogP contribution in [0.2, 0.25) is 0 Å². The van der Waals surface area contributed by atoms with Gasteiger partial charge >= 0.3 is 0 Å². The van der Waals surface area contributed by atoms with Crippen LogP contribution in [0.1, 0.15) is 39.5 Å². The Bertz CT molecular complexity index is 271. The Labute approximate surface area is 118 Å². The standard InChI is InChI=1S/C15H31N3O/c1-12(2)11-18(10-9-17(3)4)15(19)13-5-7-14(16)8-6-13/h12-14H,5-11,16H2,1-4H3. The van der Waals surface area contributed by atoms with Crippen molar-refractivity contribution in [2.24, 2.45) is 17.6 Å². The molecule has 0 heterocycles. The van der Waals surface area contributed by atoms with Gasteiger partial charge in [-0.25, -0.2) is 0 Å². The van der Waals surface area contributed by atoms with Crippen LogP contribution in [-0.2, 0) is 4.79 Å². The van der Waals surface area contributed by atoms with Gasteiger partial charge in [0.05, 0.1) is 0 Å². The average molecular weight is 269 g/mol. The normalized spacial score (nSPS) is 23.9. The Morgan fingerprint density at radius 3 is 2.21 bits per heavy atom. The smallest absolute Gasteiger partial charge is 0.225 e. The predicted molar refractivity (Wildman–Crippen MR) is 79.9 cm³/mol. The highest BCUT2D eigenvalue weighted by Crippen LogP contribution is 2.25. The second-order valence-electron chi connectivity index (χ2n) is 6.59. The second-order valence-corrected chi connectivity index (χ2v) is 6.59. The van der Waals surface area contributed by atoms with E-state index in [0.717, 1.165) is 45.3 Å². The van der Waals surface area contributed by atoms with E-state index in [1.165, 1.54) is 0 Å². The second kappa shape index (κ2) is 7.85. The average Bonchev–Trinajstić information content (AvgIpc) is 2.34. The molecule has 0 atom stereocenters. The van der Waals surface area contributed by atoms with Gasteiger partial charge in [0.15, 0.2) is 0 Å². The van der Waals surface area contributed by atoms with Crippen molar-refractivity contribution >= 4 is 5.91 Å². The summed E-state index contributed by atoms with van der Waals surface area (Å²) in [6, 6.07) is 0.310. The summed E-state index contributed by atoms with van der Waals surface area (Å²) in [7, 11) is 4.11. The first-order valence-corrected chi connectivity index (χ1v) is 7.59. The van der Waals surface area contributed by atoms with Crippen LogP contribution in [0.3, 0.4) is 0 Å². The first kappa shape index (κ1) is 16.4. The molecular weight excluding hydrogens is 238 g/mol. The van der Waals surface area contributed by atoms with E-state index in [0.29, 0.717) is 17.9 Å². The highest BCUT2D eigenvalue weighted by atomic mass is 16.2. The summed E-state index contributed by atoms with van der Waals surface area (Å²) in [5.41, 5.74) is 5.92. The summed E-state index contributed by atoms with van der Waals surface area (Å²) >= 11 is 0. The molecule has 1 aliphatic carbocycles. The third-order valence-corrected chi connectivity index (χ3v) is 3.84. The number of carbonyl (C=O) groups is 1. The molecule has 0 aromatic rings. The lowest BCUT2D eigenvalue weighted by Crippen LogP contribution is -2.43. The largest absolute Gasteiger partial charge is 0.341 e.